The van der Waals surface area contributed by atoms with Gasteiger partial charge in [0.25, 0.3) is 0 Å². The molecule has 0 aliphatic heterocycles. The molecule has 0 saturated carbocycles. The van der Waals surface area contributed by atoms with Gasteiger partial charge in [-0.2, -0.15) is 5.10 Å². The molecule has 0 radical (unpaired) electrons. The van der Waals surface area contributed by atoms with E-state index >= 15 is 0 Å². The van der Waals surface area contributed by atoms with Crippen molar-refractivity contribution in [3.63, 3.8) is 0 Å². The maximum absolute atomic E-state index is 5.37. The molecule has 0 unspecified atom stereocenters. The van der Waals surface area contributed by atoms with Gasteiger partial charge in [-0.25, -0.2) is 9.67 Å². The standard InChI is InChI=1S/C11H12N4/c12-7-1-2-10-3-5-11(6-4-10)15-9-13-8-14-15/h1-6,8-9H,7,12H2/b2-1+. The van der Waals surface area contributed by atoms with E-state index < -0.39 is 0 Å². The van der Waals surface area contributed by atoms with Crippen LogP contribution in [-0.4, -0.2) is 21.3 Å². The van der Waals surface area contributed by atoms with Gasteiger partial charge >= 0.3 is 0 Å². The quantitative estimate of drug-likeness (QED) is 0.811. The molecule has 0 aliphatic carbocycles. The SMILES string of the molecule is NC/C=C/c1ccc(-n2cncn2)cc1. The Balaban J connectivity index is 2.21. The number of nitrogens with zero attached hydrogens (tertiary/aromatic N) is 3. The normalized spacial score (nSPS) is 11.0. The topological polar surface area (TPSA) is 56.7 Å². The van der Waals surface area contributed by atoms with Crippen molar-refractivity contribution in [1.29, 1.82) is 0 Å². The summed E-state index contributed by atoms with van der Waals surface area (Å²) in [6, 6.07) is 8.02. The highest BCUT2D eigenvalue weighted by molar-refractivity contribution is 5.51. The molecule has 0 aliphatic rings. The van der Waals surface area contributed by atoms with Crippen molar-refractivity contribution in [3.05, 3.63) is 48.6 Å². The molecule has 0 amide bonds. The van der Waals surface area contributed by atoms with Crippen LogP contribution < -0.4 is 5.73 Å². The summed E-state index contributed by atoms with van der Waals surface area (Å²) < 4.78 is 1.72. The van der Waals surface area contributed by atoms with E-state index in [1.165, 1.54) is 6.33 Å². The second-order valence-electron chi connectivity index (χ2n) is 3.07. The molecule has 1 aromatic heterocycles. The van der Waals surface area contributed by atoms with Crippen molar-refractivity contribution in [3.8, 4) is 5.69 Å². The Morgan fingerprint density at radius 3 is 2.67 bits per heavy atom. The Labute approximate surface area is 88.1 Å². The van der Waals surface area contributed by atoms with Crippen LogP contribution in [0.15, 0.2) is 43.0 Å². The third-order valence-corrected chi connectivity index (χ3v) is 2.02. The molecule has 1 aromatic carbocycles. The van der Waals surface area contributed by atoms with Gasteiger partial charge in [0.2, 0.25) is 0 Å². The van der Waals surface area contributed by atoms with E-state index in [2.05, 4.69) is 10.1 Å². The molecule has 15 heavy (non-hydrogen) atoms. The molecule has 1 heterocycles. The van der Waals surface area contributed by atoms with E-state index in [1.807, 2.05) is 36.4 Å². The summed E-state index contributed by atoms with van der Waals surface area (Å²) in [6.45, 7) is 0.560. The average Bonchev–Trinajstić information content (AvgIpc) is 2.80. The van der Waals surface area contributed by atoms with Gasteiger partial charge in [0.05, 0.1) is 5.69 Å². The van der Waals surface area contributed by atoms with E-state index in [1.54, 1.807) is 11.0 Å². The fraction of sp³-hybridized carbons (Fsp3) is 0.0909. The lowest BCUT2D eigenvalue weighted by Crippen LogP contribution is -1.94. The van der Waals surface area contributed by atoms with Crippen molar-refractivity contribution >= 4 is 6.08 Å². The number of hydrogen-bond acceptors (Lipinski definition) is 3. The van der Waals surface area contributed by atoms with Crippen LogP contribution in [0, 0.1) is 0 Å². The minimum Gasteiger partial charge on any atom is -0.327 e. The first-order chi connectivity index (χ1) is 7.40. The highest BCUT2D eigenvalue weighted by Crippen LogP contribution is 2.08. The molecular weight excluding hydrogens is 188 g/mol. The predicted octanol–water partition coefficient (Wildman–Crippen LogP) is 1.24. The maximum atomic E-state index is 5.37. The highest BCUT2D eigenvalue weighted by atomic mass is 15.3. The molecule has 0 saturated heterocycles. The van der Waals surface area contributed by atoms with E-state index in [9.17, 15) is 0 Å². The summed E-state index contributed by atoms with van der Waals surface area (Å²) in [7, 11) is 0. The van der Waals surface area contributed by atoms with Crippen molar-refractivity contribution in [2.45, 2.75) is 0 Å². The van der Waals surface area contributed by atoms with Gasteiger partial charge in [-0.15, -0.1) is 0 Å². The lowest BCUT2D eigenvalue weighted by molar-refractivity contribution is 0.879. The summed E-state index contributed by atoms with van der Waals surface area (Å²) in [6.07, 6.45) is 7.10. The van der Waals surface area contributed by atoms with Crippen molar-refractivity contribution in [2.24, 2.45) is 5.73 Å². The third kappa shape index (κ3) is 2.30. The Morgan fingerprint density at radius 1 is 1.27 bits per heavy atom. The summed E-state index contributed by atoms with van der Waals surface area (Å²) in [5, 5.41) is 4.05. The van der Waals surface area contributed by atoms with E-state index in [-0.39, 0.29) is 0 Å². The van der Waals surface area contributed by atoms with Gasteiger partial charge < -0.3 is 5.73 Å². The first-order valence-corrected chi connectivity index (χ1v) is 4.72. The summed E-state index contributed by atoms with van der Waals surface area (Å²) in [5.74, 6) is 0. The number of nitrogens with two attached hydrogens (primary N) is 1. The summed E-state index contributed by atoms with van der Waals surface area (Å²) >= 11 is 0. The molecule has 2 N–H and O–H groups in total. The van der Waals surface area contributed by atoms with Gasteiger partial charge in [-0.3, -0.25) is 0 Å². The molecule has 0 bridgehead atoms. The molecular formula is C11H12N4. The van der Waals surface area contributed by atoms with E-state index in [0.29, 0.717) is 6.54 Å². The minimum absolute atomic E-state index is 0.560. The lowest BCUT2D eigenvalue weighted by Gasteiger charge is -2.00. The van der Waals surface area contributed by atoms with Crippen LogP contribution in [0.5, 0.6) is 0 Å². The Morgan fingerprint density at radius 2 is 2.07 bits per heavy atom. The zero-order valence-electron chi connectivity index (χ0n) is 8.24. The van der Waals surface area contributed by atoms with E-state index in [4.69, 9.17) is 5.73 Å². The monoisotopic (exact) mass is 200 g/mol. The Kier molecular flexibility index (Phi) is 2.90. The van der Waals surface area contributed by atoms with Crippen LogP contribution >= 0.6 is 0 Å². The Bertz CT molecular complexity index is 428. The molecule has 76 valence electrons. The highest BCUT2D eigenvalue weighted by Gasteiger charge is 1.94. The van der Waals surface area contributed by atoms with Crippen molar-refractivity contribution in [2.75, 3.05) is 6.54 Å². The van der Waals surface area contributed by atoms with Crippen LogP contribution in [0.3, 0.4) is 0 Å². The minimum atomic E-state index is 0.560. The van der Waals surface area contributed by atoms with Crippen LogP contribution in [0.2, 0.25) is 0 Å². The smallest absolute Gasteiger partial charge is 0.138 e. The van der Waals surface area contributed by atoms with E-state index in [0.717, 1.165) is 11.3 Å². The fourth-order valence-corrected chi connectivity index (χ4v) is 1.28. The lowest BCUT2D eigenvalue weighted by atomic mass is 10.2. The average molecular weight is 200 g/mol. The molecule has 0 fully saturated rings. The number of aromatic nitrogens is 3. The molecule has 0 atom stereocenters. The largest absolute Gasteiger partial charge is 0.327 e. The van der Waals surface area contributed by atoms with Crippen molar-refractivity contribution < 1.29 is 0 Å². The van der Waals surface area contributed by atoms with Gasteiger partial charge in [0, 0.05) is 6.54 Å². The van der Waals surface area contributed by atoms with Crippen LogP contribution in [-0.2, 0) is 0 Å². The van der Waals surface area contributed by atoms with Gasteiger partial charge in [-0.1, -0.05) is 24.3 Å². The first-order valence-electron chi connectivity index (χ1n) is 4.72. The zero-order chi connectivity index (χ0) is 10.5. The molecule has 2 aromatic rings. The maximum Gasteiger partial charge on any atom is 0.138 e. The van der Waals surface area contributed by atoms with Crippen LogP contribution in [0.1, 0.15) is 5.56 Å². The van der Waals surface area contributed by atoms with Gasteiger partial charge in [0.15, 0.2) is 0 Å². The predicted molar refractivity (Wildman–Crippen MR) is 59.4 cm³/mol. The number of rotatable bonds is 3. The third-order valence-electron chi connectivity index (χ3n) is 2.02. The summed E-state index contributed by atoms with van der Waals surface area (Å²) in [4.78, 5) is 3.89. The zero-order valence-corrected chi connectivity index (χ0v) is 8.24. The second kappa shape index (κ2) is 4.52. The molecule has 0 spiro atoms. The number of benzene rings is 1. The van der Waals surface area contributed by atoms with Gasteiger partial charge in [0.1, 0.15) is 12.7 Å². The molecule has 2 rings (SSSR count). The van der Waals surface area contributed by atoms with Crippen LogP contribution in [0.4, 0.5) is 0 Å². The van der Waals surface area contributed by atoms with Crippen molar-refractivity contribution in [1.82, 2.24) is 14.8 Å². The Hall–Kier alpha value is -1.94. The second-order valence-corrected chi connectivity index (χ2v) is 3.07. The fourth-order valence-electron chi connectivity index (χ4n) is 1.28. The molecule has 4 heteroatoms. The summed E-state index contributed by atoms with van der Waals surface area (Å²) in [5.41, 5.74) is 7.50. The van der Waals surface area contributed by atoms with Gasteiger partial charge in [-0.05, 0) is 17.7 Å². The number of hydrogen-bond donors (Lipinski definition) is 1. The molecule has 4 nitrogen and oxygen atoms in total. The van der Waals surface area contributed by atoms with Crippen LogP contribution in [0.25, 0.3) is 11.8 Å². The first kappa shape index (κ1) is 9.61.